The first-order chi connectivity index (χ1) is 12.3. The molecular formula is C18H27IN6O. The Morgan fingerprint density at radius 1 is 1.46 bits per heavy atom. The zero-order valence-corrected chi connectivity index (χ0v) is 17.6. The Hall–Kier alpha value is -1.68. The molecule has 142 valence electrons. The van der Waals surface area contributed by atoms with Crippen molar-refractivity contribution in [2.45, 2.75) is 19.9 Å². The van der Waals surface area contributed by atoms with Crippen molar-refractivity contribution in [3.05, 3.63) is 36.2 Å². The molecule has 1 saturated heterocycles. The number of aromatic nitrogens is 3. The van der Waals surface area contributed by atoms with E-state index in [9.17, 15) is 0 Å². The lowest BCUT2D eigenvalue weighted by atomic mass is 10.1. The molecule has 26 heavy (non-hydrogen) atoms. The number of hydrogen-bond acceptors (Lipinski definition) is 4. The van der Waals surface area contributed by atoms with Crippen LogP contribution in [0.4, 0.5) is 0 Å². The summed E-state index contributed by atoms with van der Waals surface area (Å²) in [5.41, 5.74) is 2.21. The third kappa shape index (κ3) is 5.41. The van der Waals surface area contributed by atoms with Gasteiger partial charge in [0, 0.05) is 44.8 Å². The number of aliphatic imine (C=N–C) groups is 1. The van der Waals surface area contributed by atoms with Gasteiger partial charge in [-0.2, -0.15) is 5.10 Å². The lowest BCUT2D eigenvalue weighted by molar-refractivity contribution is 0.114. The van der Waals surface area contributed by atoms with E-state index in [1.54, 1.807) is 0 Å². The number of nitrogens with one attached hydrogen (secondary N) is 2. The molecule has 0 aliphatic carbocycles. The van der Waals surface area contributed by atoms with Crippen molar-refractivity contribution in [1.29, 1.82) is 0 Å². The summed E-state index contributed by atoms with van der Waals surface area (Å²) in [5.74, 6) is 2.32. The van der Waals surface area contributed by atoms with Crippen molar-refractivity contribution in [2.24, 2.45) is 10.9 Å². The monoisotopic (exact) mass is 470 g/mol. The van der Waals surface area contributed by atoms with Crippen molar-refractivity contribution in [2.75, 3.05) is 33.4 Å². The maximum Gasteiger partial charge on any atom is 0.193 e. The average molecular weight is 470 g/mol. The summed E-state index contributed by atoms with van der Waals surface area (Å²) >= 11 is 0. The van der Waals surface area contributed by atoms with Gasteiger partial charge in [0.15, 0.2) is 11.8 Å². The van der Waals surface area contributed by atoms with Gasteiger partial charge in [-0.15, -0.1) is 24.0 Å². The van der Waals surface area contributed by atoms with Crippen molar-refractivity contribution in [1.82, 2.24) is 25.4 Å². The van der Waals surface area contributed by atoms with E-state index in [1.807, 2.05) is 26.1 Å². The van der Waals surface area contributed by atoms with Gasteiger partial charge >= 0.3 is 0 Å². The molecule has 1 aliphatic heterocycles. The van der Waals surface area contributed by atoms with Crippen LogP contribution in [0.2, 0.25) is 0 Å². The number of guanidine groups is 1. The zero-order valence-electron chi connectivity index (χ0n) is 15.3. The quantitative estimate of drug-likeness (QED) is 0.386. The summed E-state index contributed by atoms with van der Waals surface area (Å²) in [7, 11) is 1.84. The van der Waals surface area contributed by atoms with Crippen LogP contribution in [0.15, 0.2) is 35.6 Å². The fraction of sp³-hybridized carbons (Fsp3) is 0.500. The smallest absolute Gasteiger partial charge is 0.193 e. The number of benzene rings is 1. The molecule has 8 heteroatoms. The lowest BCUT2D eigenvalue weighted by Crippen LogP contribution is -2.39. The summed E-state index contributed by atoms with van der Waals surface area (Å²) < 4.78 is 5.56. The summed E-state index contributed by atoms with van der Waals surface area (Å²) in [6.45, 7) is 6.41. The Balaban J connectivity index is 0.00000243. The highest BCUT2D eigenvalue weighted by molar-refractivity contribution is 14.0. The molecule has 1 aliphatic rings. The molecule has 0 spiro atoms. The maximum atomic E-state index is 5.56. The Morgan fingerprint density at radius 3 is 3.08 bits per heavy atom. The number of rotatable bonds is 6. The van der Waals surface area contributed by atoms with Crippen LogP contribution in [0.5, 0.6) is 0 Å². The van der Waals surface area contributed by atoms with Crippen molar-refractivity contribution < 1.29 is 4.74 Å². The minimum absolute atomic E-state index is 0. The van der Waals surface area contributed by atoms with E-state index in [4.69, 9.17) is 4.74 Å². The highest BCUT2D eigenvalue weighted by Gasteiger charge is 2.24. The van der Waals surface area contributed by atoms with E-state index >= 15 is 0 Å². The Morgan fingerprint density at radius 2 is 2.35 bits per heavy atom. The summed E-state index contributed by atoms with van der Waals surface area (Å²) in [5, 5.41) is 10.3. The van der Waals surface area contributed by atoms with E-state index in [-0.39, 0.29) is 24.0 Å². The maximum absolute atomic E-state index is 5.56. The molecule has 1 aromatic heterocycles. The van der Waals surface area contributed by atoms with Gasteiger partial charge in [0.2, 0.25) is 0 Å². The molecule has 0 radical (unpaired) electrons. The molecule has 1 fully saturated rings. The van der Waals surface area contributed by atoms with Gasteiger partial charge in [0.05, 0.1) is 6.61 Å². The third-order valence-electron chi connectivity index (χ3n) is 4.42. The van der Waals surface area contributed by atoms with E-state index in [0.717, 1.165) is 56.6 Å². The topological polar surface area (TPSA) is 78.4 Å². The number of hydrogen-bond donors (Lipinski definition) is 2. The molecule has 7 nitrogen and oxygen atoms in total. The average Bonchev–Trinajstić information content (AvgIpc) is 3.33. The van der Waals surface area contributed by atoms with E-state index < -0.39 is 0 Å². The van der Waals surface area contributed by atoms with Crippen LogP contribution in [0, 0.1) is 5.92 Å². The van der Waals surface area contributed by atoms with Gasteiger partial charge in [0.25, 0.3) is 0 Å². The summed E-state index contributed by atoms with van der Waals surface area (Å²) in [6.07, 6.45) is 2.68. The normalized spacial score (nSPS) is 17.2. The van der Waals surface area contributed by atoms with Crippen LogP contribution < -0.4 is 5.32 Å². The largest absolute Gasteiger partial charge is 0.381 e. The van der Waals surface area contributed by atoms with E-state index in [2.05, 4.69) is 42.5 Å². The van der Waals surface area contributed by atoms with Crippen molar-refractivity contribution in [3.63, 3.8) is 0 Å². The summed E-state index contributed by atoms with van der Waals surface area (Å²) in [6, 6.07) is 8.27. The molecule has 1 atom stereocenters. The van der Waals surface area contributed by atoms with Gasteiger partial charge in [-0.3, -0.25) is 10.1 Å². The van der Waals surface area contributed by atoms with Crippen LogP contribution in [0.1, 0.15) is 18.9 Å². The standard InChI is InChI=1S/C18H26N6O.HI/c1-3-25-12-15-7-8-24(11-15)18(19-2)20-10-14-5-4-6-16(9-14)17-21-13-22-23-17;/h4-6,9,13,15H,3,7-8,10-12H2,1-2H3,(H,19,20)(H,21,22,23);1H. The number of nitrogens with zero attached hydrogens (tertiary/aromatic N) is 4. The minimum atomic E-state index is 0. The molecule has 0 bridgehead atoms. The van der Waals surface area contributed by atoms with E-state index in [1.165, 1.54) is 11.9 Å². The fourth-order valence-corrected chi connectivity index (χ4v) is 3.13. The first-order valence-electron chi connectivity index (χ1n) is 8.78. The summed E-state index contributed by atoms with van der Waals surface area (Å²) in [4.78, 5) is 10.9. The van der Waals surface area contributed by atoms with Crippen LogP contribution in [0.3, 0.4) is 0 Å². The lowest BCUT2D eigenvalue weighted by Gasteiger charge is -2.22. The predicted octanol–water partition coefficient (Wildman–Crippen LogP) is 2.52. The van der Waals surface area contributed by atoms with Crippen molar-refractivity contribution >= 4 is 29.9 Å². The van der Waals surface area contributed by atoms with Gasteiger partial charge in [-0.05, 0) is 25.0 Å². The number of halogens is 1. The predicted molar refractivity (Wildman–Crippen MR) is 114 cm³/mol. The molecule has 2 heterocycles. The number of aromatic amines is 1. The fourth-order valence-electron chi connectivity index (χ4n) is 3.13. The highest BCUT2D eigenvalue weighted by Crippen LogP contribution is 2.18. The number of likely N-dealkylation sites (tertiary alicyclic amines) is 1. The van der Waals surface area contributed by atoms with Gasteiger partial charge in [-0.25, -0.2) is 4.98 Å². The number of H-pyrrole nitrogens is 1. The molecule has 0 saturated carbocycles. The molecule has 3 rings (SSSR count). The van der Waals surface area contributed by atoms with Crippen LogP contribution in [-0.2, 0) is 11.3 Å². The van der Waals surface area contributed by atoms with E-state index in [0.29, 0.717) is 5.92 Å². The molecular weight excluding hydrogens is 443 g/mol. The third-order valence-corrected chi connectivity index (χ3v) is 4.42. The Kier molecular flexibility index (Phi) is 8.30. The Bertz CT molecular complexity index is 691. The van der Waals surface area contributed by atoms with Gasteiger partial charge in [-0.1, -0.05) is 18.2 Å². The zero-order chi connectivity index (χ0) is 17.5. The van der Waals surface area contributed by atoms with Crippen molar-refractivity contribution in [3.8, 4) is 11.4 Å². The van der Waals surface area contributed by atoms with Crippen LogP contribution >= 0.6 is 24.0 Å². The van der Waals surface area contributed by atoms with Gasteiger partial charge in [0.1, 0.15) is 6.33 Å². The molecule has 2 aromatic rings. The molecule has 1 aromatic carbocycles. The molecule has 2 N–H and O–H groups in total. The highest BCUT2D eigenvalue weighted by atomic mass is 127. The second-order valence-corrected chi connectivity index (χ2v) is 6.20. The SMILES string of the molecule is CCOCC1CCN(C(=NC)NCc2cccc(-c3ncn[nH]3)c2)C1.I. The second kappa shape index (κ2) is 10.5. The Labute approximate surface area is 171 Å². The second-order valence-electron chi connectivity index (χ2n) is 6.20. The number of ether oxygens (including phenoxy) is 1. The first-order valence-corrected chi connectivity index (χ1v) is 8.78. The minimum Gasteiger partial charge on any atom is -0.381 e. The van der Waals surface area contributed by atoms with Crippen LogP contribution in [0.25, 0.3) is 11.4 Å². The first kappa shape index (κ1) is 20.6. The molecule has 1 unspecified atom stereocenters. The van der Waals surface area contributed by atoms with Gasteiger partial charge < -0.3 is 15.0 Å². The molecule has 0 amide bonds. The van der Waals surface area contributed by atoms with Crippen LogP contribution in [-0.4, -0.2) is 59.4 Å².